The molecule has 0 aliphatic heterocycles. The van der Waals surface area contributed by atoms with Crippen molar-refractivity contribution in [3.63, 3.8) is 0 Å². The number of rotatable bonds is 6. The van der Waals surface area contributed by atoms with Crippen molar-refractivity contribution in [1.29, 1.82) is 0 Å². The summed E-state index contributed by atoms with van der Waals surface area (Å²) < 4.78 is 5.34. The summed E-state index contributed by atoms with van der Waals surface area (Å²) in [5.74, 6) is 0.940. The Kier molecular flexibility index (Phi) is 5.17. The summed E-state index contributed by atoms with van der Waals surface area (Å²) in [7, 11) is 1.70. The average molecular weight is 251 g/mol. The van der Waals surface area contributed by atoms with Gasteiger partial charge in [-0.2, -0.15) is 0 Å². The topological polar surface area (TPSA) is 41.5 Å². The number of ether oxygens (including phenoxy) is 1. The SMILES string of the molecule is COc1cc(C)c(C(C)(C)CNCCO)cc1C. The highest BCUT2D eigenvalue weighted by Gasteiger charge is 2.23. The molecule has 0 heterocycles. The molecular formula is C15H25NO2. The monoisotopic (exact) mass is 251 g/mol. The molecule has 1 aromatic rings. The van der Waals surface area contributed by atoms with Gasteiger partial charge in [-0.1, -0.05) is 19.9 Å². The Bertz CT molecular complexity index is 400. The van der Waals surface area contributed by atoms with Crippen LogP contribution >= 0.6 is 0 Å². The lowest BCUT2D eigenvalue weighted by molar-refractivity contribution is 0.286. The van der Waals surface area contributed by atoms with E-state index in [9.17, 15) is 0 Å². The van der Waals surface area contributed by atoms with E-state index in [1.54, 1.807) is 7.11 Å². The van der Waals surface area contributed by atoms with Gasteiger partial charge in [0.1, 0.15) is 5.75 Å². The predicted molar refractivity (Wildman–Crippen MR) is 75.4 cm³/mol. The molecular weight excluding hydrogens is 226 g/mol. The van der Waals surface area contributed by atoms with Crippen molar-refractivity contribution in [3.8, 4) is 5.75 Å². The van der Waals surface area contributed by atoms with Crippen LogP contribution in [0.2, 0.25) is 0 Å². The molecule has 102 valence electrons. The molecule has 1 rings (SSSR count). The van der Waals surface area contributed by atoms with Crippen LogP contribution in [-0.4, -0.2) is 31.9 Å². The zero-order chi connectivity index (χ0) is 13.8. The van der Waals surface area contributed by atoms with Crippen LogP contribution in [0.25, 0.3) is 0 Å². The minimum absolute atomic E-state index is 0.0380. The van der Waals surface area contributed by atoms with Crippen molar-refractivity contribution in [2.75, 3.05) is 26.8 Å². The Balaban J connectivity index is 2.97. The fraction of sp³-hybridized carbons (Fsp3) is 0.600. The third-order valence-electron chi connectivity index (χ3n) is 3.33. The highest BCUT2D eigenvalue weighted by atomic mass is 16.5. The van der Waals surface area contributed by atoms with Crippen LogP contribution in [0.3, 0.4) is 0 Å². The first-order valence-corrected chi connectivity index (χ1v) is 6.39. The summed E-state index contributed by atoms with van der Waals surface area (Å²) in [5, 5.41) is 12.1. The van der Waals surface area contributed by atoms with E-state index in [1.165, 1.54) is 11.1 Å². The van der Waals surface area contributed by atoms with Gasteiger partial charge < -0.3 is 15.2 Å². The van der Waals surface area contributed by atoms with Crippen LogP contribution < -0.4 is 10.1 Å². The predicted octanol–water partition coefficient (Wildman–Crippen LogP) is 2.17. The summed E-state index contributed by atoms with van der Waals surface area (Å²) in [5.41, 5.74) is 3.77. The molecule has 0 amide bonds. The Morgan fingerprint density at radius 3 is 2.44 bits per heavy atom. The number of aliphatic hydroxyl groups excluding tert-OH is 1. The van der Waals surface area contributed by atoms with E-state index < -0.39 is 0 Å². The van der Waals surface area contributed by atoms with Crippen LogP contribution in [0, 0.1) is 13.8 Å². The number of hydrogen-bond acceptors (Lipinski definition) is 3. The smallest absolute Gasteiger partial charge is 0.122 e. The van der Waals surface area contributed by atoms with E-state index in [4.69, 9.17) is 9.84 Å². The lowest BCUT2D eigenvalue weighted by atomic mass is 9.81. The molecule has 3 heteroatoms. The Morgan fingerprint density at radius 2 is 1.89 bits per heavy atom. The van der Waals surface area contributed by atoms with Gasteiger partial charge in [-0.05, 0) is 36.6 Å². The molecule has 0 saturated carbocycles. The summed E-state index contributed by atoms with van der Waals surface area (Å²) in [6, 6.07) is 4.30. The second kappa shape index (κ2) is 6.21. The van der Waals surface area contributed by atoms with Crippen LogP contribution in [-0.2, 0) is 5.41 Å². The summed E-state index contributed by atoms with van der Waals surface area (Å²) in [6.07, 6.45) is 0. The molecule has 3 nitrogen and oxygen atoms in total. The second-order valence-corrected chi connectivity index (χ2v) is 5.42. The van der Waals surface area contributed by atoms with Gasteiger partial charge in [0.15, 0.2) is 0 Å². The summed E-state index contributed by atoms with van der Waals surface area (Å²) in [4.78, 5) is 0. The van der Waals surface area contributed by atoms with Crippen molar-refractivity contribution in [2.45, 2.75) is 33.1 Å². The molecule has 0 atom stereocenters. The third kappa shape index (κ3) is 3.47. The molecule has 1 aromatic carbocycles. The van der Waals surface area contributed by atoms with Crippen LogP contribution in [0.1, 0.15) is 30.5 Å². The van der Waals surface area contributed by atoms with Crippen molar-refractivity contribution in [1.82, 2.24) is 5.32 Å². The lowest BCUT2D eigenvalue weighted by Crippen LogP contribution is -2.35. The number of benzene rings is 1. The molecule has 0 bridgehead atoms. The number of nitrogens with one attached hydrogen (secondary N) is 1. The first kappa shape index (κ1) is 15.0. The Hall–Kier alpha value is -1.06. The maximum atomic E-state index is 8.82. The number of aryl methyl sites for hydroxylation is 2. The van der Waals surface area contributed by atoms with E-state index in [1.807, 2.05) is 0 Å². The van der Waals surface area contributed by atoms with E-state index in [0.29, 0.717) is 6.54 Å². The molecule has 18 heavy (non-hydrogen) atoms. The van der Waals surface area contributed by atoms with Crippen LogP contribution in [0.15, 0.2) is 12.1 Å². The number of methoxy groups -OCH3 is 1. The van der Waals surface area contributed by atoms with Crippen LogP contribution in [0.5, 0.6) is 5.75 Å². The van der Waals surface area contributed by atoms with Gasteiger partial charge in [-0.3, -0.25) is 0 Å². The minimum atomic E-state index is 0.0380. The highest BCUT2D eigenvalue weighted by molar-refractivity contribution is 5.44. The maximum absolute atomic E-state index is 8.82. The van der Waals surface area contributed by atoms with Crippen molar-refractivity contribution in [2.24, 2.45) is 0 Å². The van der Waals surface area contributed by atoms with Crippen molar-refractivity contribution in [3.05, 3.63) is 28.8 Å². The molecule has 0 aromatic heterocycles. The van der Waals surface area contributed by atoms with Crippen molar-refractivity contribution < 1.29 is 9.84 Å². The molecule has 0 aliphatic carbocycles. The lowest BCUT2D eigenvalue weighted by Gasteiger charge is -2.28. The Morgan fingerprint density at radius 1 is 1.22 bits per heavy atom. The zero-order valence-corrected chi connectivity index (χ0v) is 12.1. The molecule has 0 saturated heterocycles. The number of hydrogen-bond donors (Lipinski definition) is 2. The Labute approximate surface area is 110 Å². The highest BCUT2D eigenvalue weighted by Crippen LogP contribution is 2.31. The fourth-order valence-electron chi connectivity index (χ4n) is 2.31. The first-order valence-electron chi connectivity index (χ1n) is 6.39. The normalized spacial score (nSPS) is 11.7. The van der Waals surface area contributed by atoms with Gasteiger partial charge in [0.2, 0.25) is 0 Å². The summed E-state index contributed by atoms with van der Waals surface area (Å²) in [6.45, 7) is 10.3. The second-order valence-electron chi connectivity index (χ2n) is 5.42. The van der Waals surface area contributed by atoms with Gasteiger partial charge in [-0.15, -0.1) is 0 Å². The van der Waals surface area contributed by atoms with E-state index in [-0.39, 0.29) is 12.0 Å². The van der Waals surface area contributed by atoms with Gasteiger partial charge >= 0.3 is 0 Å². The third-order valence-corrected chi connectivity index (χ3v) is 3.33. The van der Waals surface area contributed by atoms with Gasteiger partial charge in [-0.25, -0.2) is 0 Å². The van der Waals surface area contributed by atoms with Gasteiger partial charge in [0, 0.05) is 18.5 Å². The number of aliphatic hydroxyl groups is 1. The van der Waals surface area contributed by atoms with Gasteiger partial charge in [0.05, 0.1) is 13.7 Å². The molecule has 0 unspecified atom stereocenters. The fourth-order valence-corrected chi connectivity index (χ4v) is 2.31. The zero-order valence-electron chi connectivity index (χ0n) is 12.1. The average Bonchev–Trinajstić information content (AvgIpc) is 2.31. The van der Waals surface area contributed by atoms with E-state index in [2.05, 4.69) is 45.1 Å². The molecule has 2 N–H and O–H groups in total. The maximum Gasteiger partial charge on any atom is 0.122 e. The molecule has 0 radical (unpaired) electrons. The summed E-state index contributed by atoms with van der Waals surface area (Å²) >= 11 is 0. The standard InChI is InChI=1S/C15H25NO2/c1-11-9-14(18-5)12(2)8-13(11)15(3,4)10-16-6-7-17/h8-9,16-17H,6-7,10H2,1-5H3. The van der Waals surface area contributed by atoms with Gasteiger partial charge in [0.25, 0.3) is 0 Å². The molecule has 0 fully saturated rings. The molecule has 0 spiro atoms. The first-order chi connectivity index (χ1) is 8.42. The largest absolute Gasteiger partial charge is 0.496 e. The minimum Gasteiger partial charge on any atom is -0.496 e. The molecule has 0 aliphatic rings. The quantitative estimate of drug-likeness (QED) is 0.761. The van der Waals surface area contributed by atoms with E-state index in [0.717, 1.165) is 17.9 Å². The van der Waals surface area contributed by atoms with Crippen molar-refractivity contribution >= 4 is 0 Å². The van der Waals surface area contributed by atoms with Crippen LogP contribution in [0.4, 0.5) is 0 Å². The van der Waals surface area contributed by atoms with E-state index >= 15 is 0 Å².